The Morgan fingerprint density at radius 1 is 1.27 bits per heavy atom. The predicted molar refractivity (Wildman–Crippen MR) is 96.6 cm³/mol. The molecule has 0 aliphatic carbocycles. The molecule has 1 aromatic carbocycles. The first kappa shape index (κ1) is 17.4. The van der Waals surface area contributed by atoms with Gasteiger partial charge >= 0.3 is 5.69 Å². The molecule has 3 aromatic rings. The van der Waals surface area contributed by atoms with E-state index in [-0.39, 0.29) is 22.5 Å². The largest absolute Gasteiger partial charge is 0.497 e. The first-order valence-corrected chi connectivity index (χ1v) is 8.00. The van der Waals surface area contributed by atoms with Crippen LogP contribution in [0.15, 0.2) is 46.1 Å². The number of carbonyl (C=O) groups excluding carboxylic acids is 1. The highest BCUT2D eigenvalue weighted by Gasteiger charge is 2.11. The van der Waals surface area contributed by atoms with Gasteiger partial charge in [-0.25, -0.2) is 9.78 Å². The molecule has 0 aliphatic heterocycles. The van der Waals surface area contributed by atoms with Crippen LogP contribution in [-0.4, -0.2) is 34.1 Å². The Hall–Kier alpha value is -3.42. The monoisotopic (exact) mass is 354 g/mol. The zero-order valence-electron chi connectivity index (χ0n) is 14.4. The number of nitrogens with zero attached hydrogens (tertiary/aromatic N) is 2. The minimum absolute atomic E-state index is 0.190. The van der Waals surface area contributed by atoms with Gasteiger partial charge < -0.3 is 10.1 Å². The van der Waals surface area contributed by atoms with Crippen LogP contribution in [0.4, 0.5) is 0 Å². The molecule has 2 heterocycles. The third kappa shape index (κ3) is 3.49. The second-order valence-corrected chi connectivity index (χ2v) is 5.77. The summed E-state index contributed by atoms with van der Waals surface area (Å²) in [4.78, 5) is 42.1. The van der Waals surface area contributed by atoms with Crippen LogP contribution < -0.4 is 21.3 Å². The third-order valence-corrected chi connectivity index (χ3v) is 4.07. The number of nitrogens with one attached hydrogen (secondary N) is 2. The smallest absolute Gasteiger partial charge is 0.329 e. The van der Waals surface area contributed by atoms with Crippen LogP contribution >= 0.6 is 0 Å². The number of aromatic amines is 1. The summed E-state index contributed by atoms with van der Waals surface area (Å²) in [5.74, 6) is 0.445. The fourth-order valence-corrected chi connectivity index (χ4v) is 2.58. The van der Waals surface area contributed by atoms with E-state index in [9.17, 15) is 14.4 Å². The number of benzene rings is 1. The molecule has 0 saturated heterocycles. The molecule has 26 heavy (non-hydrogen) atoms. The highest BCUT2D eigenvalue weighted by atomic mass is 16.5. The van der Waals surface area contributed by atoms with Crippen molar-refractivity contribution in [3.05, 3.63) is 68.5 Å². The van der Waals surface area contributed by atoms with E-state index in [1.807, 2.05) is 24.3 Å². The molecule has 0 aliphatic rings. The lowest BCUT2D eigenvalue weighted by Crippen LogP contribution is -2.30. The van der Waals surface area contributed by atoms with Gasteiger partial charge in [-0.2, -0.15) is 0 Å². The second kappa shape index (κ2) is 7.22. The van der Waals surface area contributed by atoms with E-state index < -0.39 is 11.2 Å². The lowest BCUT2D eigenvalue weighted by molar-refractivity contribution is 0.0954. The number of rotatable bonds is 5. The first-order valence-electron chi connectivity index (χ1n) is 8.00. The van der Waals surface area contributed by atoms with Crippen molar-refractivity contribution in [2.24, 2.45) is 7.05 Å². The Morgan fingerprint density at radius 3 is 2.69 bits per heavy atom. The number of ether oxygens (including phenoxy) is 1. The molecule has 8 nitrogen and oxygen atoms in total. The van der Waals surface area contributed by atoms with Crippen LogP contribution in [0.2, 0.25) is 0 Å². The molecule has 0 fully saturated rings. The topological polar surface area (TPSA) is 106 Å². The van der Waals surface area contributed by atoms with Crippen LogP contribution in [0.3, 0.4) is 0 Å². The molecule has 2 aromatic heterocycles. The molecule has 134 valence electrons. The van der Waals surface area contributed by atoms with Crippen molar-refractivity contribution in [3.63, 3.8) is 0 Å². The number of aromatic nitrogens is 3. The van der Waals surface area contributed by atoms with E-state index in [4.69, 9.17) is 4.74 Å². The van der Waals surface area contributed by atoms with E-state index in [1.54, 1.807) is 7.11 Å². The lowest BCUT2D eigenvalue weighted by Gasteiger charge is -2.07. The van der Waals surface area contributed by atoms with Gasteiger partial charge in [-0.3, -0.25) is 19.1 Å². The van der Waals surface area contributed by atoms with Crippen LogP contribution in [0.5, 0.6) is 5.75 Å². The summed E-state index contributed by atoms with van der Waals surface area (Å²) in [6, 6.07) is 9.02. The van der Waals surface area contributed by atoms with Gasteiger partial charge in [0.15, 0.2) is 0 Å². The first-order chi connectivity index (χ1) is 12.5. The molecule has 0 atom stereocenters. The van der Waals surface area contributed by atoms with Gasteiger partial charge in [0.2, 0.25) is 0 Å². The lowest BCUT2D eigenvalue weighted by atomic mass is 10.1. The summed E-state index contributed by atoms with van der Waals surface area (Å²) >= 11 is 0. The maximum Gasteiger partial charge on any atom is 0.329 e. The zero-order chi connectivity index (χ0) is 18.7. The van der Waals surface area contributed by atoms with Crippen molar-refractivity contribution in [1.82, 2.24) is 19.9 Å². The van der Waals surface area contributed by atoms with Gasteiger partial charge in [0, 0.05) is 19.8 Å². The summed E-state index contributed by atoms with van der Waals surface area (Å²) in [7, 11) is 3.11. The molecule has 0 radical (unpaired) electrons. The average Bonchev–Trinajstić information content (AvgIpc) is 2.66. The van der Waals surface area contributed by atoms with E-state index in [0.29, 0.717) is 13.0 Å². The number of pyridine rings is 1. The summed E-state index contributed by atoms with van der Waals surface area (Å²) in [6.45, 7) is 0.437. The number of amides is 1. The van der Waals surface area contributed by atoms with Crippen molar-refractivity contribution >= 4 is 16.9 Å². The highest BCUT2D eigenvalue weighted by molar-refractivity contribution is 5.96. The summed E-state index contributed by atoms with van der Waals surface area (Å²) < 4.78 is 6.33. The Morgan fingerprint density at radius 2 is 2.00 bits per heavy atom. The summed E-state index contributed by atoms with van der Waals surface area (Å²) in [6.07, 6.45) is 2.01. The van der Waals surface area contributed by atoms with Crippen LogP contribution in [-0.2, 0) is 13.5 Å². The van der Waals surface area contributed by atoms with Gasteiger partial charge in [0.1, 0.15) is 11.4 Å². The molecular formula is C18H18N4O4. The molecule has 3 rings (SSSR count). The SMILES string of the molecule is COc1ccc(CCNC(=O)c2cnc3c(c2)c(=O)[nH]c(=O)n3C)cc1. The van der Waals surface area contributed by atoms with E-state index in [2.05, 4.69) is 15.3 Å². The number of methoxy groups -OCH3 is 1. The number of carbonyl (C=O) groups is 1. The van der Waals surface area contributed by atoms with Gasteiger partial charge in [-0.15, -0.1) is 0 Å². The van der Waals surface area contributed by atoms with Crippen molar-refractivity contribution in [2.75, 3.05) is 13.7 Å². The van der Waals surface area contributed by atoms with Crippen molar-refractivity contribution in [1.29, 1.82) is 0 Å². The third-order valence-electron chi connectivity index (χ3n) is 4.07. The van der Waals surface area contributed by atoms with Crippen LogP contribution in [0, 0.1) is 0 Å². The Labute approximate surface area is 148 Å². The Kier molecular flexibility index (Phi) is 4.83. The molecule has 0 saturated carbocycles. The maximum atomic E-state index is 12.3. The second-order valence-electron chi connectivity index (χ2n) is 5.77. The average molecular weight is 354 g/mol. The summed E-state index contributed by atoms with van der Waals surface area (Å²) in [5.41, 5.74) is 0.439. The fraction of sp³-hybridized carbons (Fsp3) is 0.222. The van der Waals surface area contributed by atoms with Gasteiger partial charge in [-0.1, -0.05) is 12.1 Å². The number of hydrogen-bond acceptors (Lipinski definition) is 5. The molecule has 2 N–H and O–H groups in total. The highest BCUT2D eigenvalue weighted by Crippen LogP contribution is 2.11. The molecular weight excluding hydrogens is 336 g/mol. The van der Waals surface area contributed by atoms with E-state index in [0.717, 1.165) is 11.3 Å². The van der Waals surface area contributed by atoms with Crippen molar-refractivity contribution in [3.8, 4) is 5.75 Å². The number of aryl methyl sites for hydroxylation is 1. The van der Waals surface area contributed by atoms with Gasteiger partial charge in [-0.05, 0) is 30.2 Å². The number of fused-ring (bicyclic) bond motifs is 1. The summed E-state index contributed by atoms with van der Waals surface area (Å²) in [5, 5.41) is 2.98. The minimum atomic E-state index is -0.566. The van der Waals surface area contributed by atoms with Crippen molar-refractivity contribution in [2.45, 2.75) is 6.42 Å². The van der Waals surface area contributed by atoms with E-state index in [1.165, 1.54) is 23.9 Å². The molecule has 0 spiro atoms. The van der Waals surface area contributed by atoms with Crippen LogP contribution in [0.25, 0.3) is 11.0 Å². The normalized spacial score (nSPS) is 10.7. The standard InChI is InChI=1S/C18H18N4O4/c1-22-15-14(17(24)21-18(22)25)9-12(10-20-15)16(23)19-8-7-11-3-5-13(26-2)6-4-11/h3-6,9-10H,7-8H2,1-2H3,(H,19,23)(H,21,24,25). The van der Waals surface area contributed by atoms with Crippen LogP contribution in [0.1, 0.15) is 15.9 Å². The Bertz CT molecular complexity index is 1070. The molecule has 0 bridgehead atoms. The minimum Gasteiger partial charge on any atom is -0.497 e. The fourth-order valence-electron chi connectivity index (χ4n) is 2.58. The molecule has 8 heteroatoms. The zero-order valence-corrected chi connectivity index (χ0v) is 14.4. The Balaban J connectivity index is 1.71. The molecule has 1 amide bonds. The van der Waals surface area contributed by atoms with Gasteiger partial charge in [0.25, 0.3) is 11.5 Å². The van der Waals surface area contributed by atoms with E-state index >= 15 is 0 Å². The quantitative estimate of drug-likeness (QED) is 0.698. The number of hydrogen-bond donors (Lipinski definition) is 2. The molecule has 0 unspecified atom stereocenters. The predicted octanol–water partition coefficient (Wildman–Crippen LogP) is 0.603. The number of H-pyrrole nitrogens is 1. The van der Waals surface area contributed by atoms with Gasteiger partial charge in [0.05, 0.1) is 18.1 Å². The van der Waals surface area contributed by atoms with Crippen molar-refractivity contribution < 1.29 is 9.53 Å². The maximum absolute atomic E-state index is 12.3.